The number of hydrogen-bond acceptors (Lipinski definition) is 5. The smallest absolute Gasteiger partial charge is 0.237 e. The Hall–Kier alpha value is -1.79. The van der Waals surface area contributed by atoms with Gasteiger partial charge in [-0.2, -0.15) is 0 Å². The van der Waals surface area contributed by atoms with Crippen LogP contribution in [0.4, 0.5) is 0 Å². The van der Waals surface area contributed by atoms with Crippen LogP contribution in [0.3, 0.4) is 0 Å². The Morgan fingerprint density at radius 3 is 3.19 bits per heavy atom. The zero-order chi connectivity index (χ0) is 14.5. The van der Waals surface area contributed by atoms with Crippen molar-refractivity contribution in [1.82, 2.24) is 20.6 Å². The molecule has 0 aliphatic carbocycles. The van der Waals surface area contributed by atoms with Crippen molar-refractivity contribution in [2.75, 3.05) is 6.54 Å². The molecule has 2 N–H and O–H groups in total. The maximum atomic E-state index is 11.9. The molecule has 1 aliphatic heterocycles. The number of carbonyl (C=O) groups excluding carboxylic acids is 1. The minimum atomic E-state index is -0.104. The van der Waals surface area contributed by atoms with E-state index >= 15 is 0 Å². The minimum Gasteiger partial charge on any atom is -0.355 e. The predicted octanol–water partition coefficient (Wildman–Crippen LogP) is 1.96. The third-order valence-electron chi connectivity index (χ3n) is 3.50. The van der Waals surface area contributed by atoms with Gasteiger partial charge in [0.25, 0.3) is 0 Å². The van der Waals surface area contributed by atoms with E-state index in [4.69, 9.17) is 0 Å². The number of amides is 1. The molecule has 1 aliphatic rings. The molecule has 5 nitrogen and oxygen atoms in total. The van der Waals surface area contributed by atoms with Crippen LogP contribution in [0.2, 0.25) is 0 Å². The van der Waals surface area contributed by atoms with E-state index < -0.39 is 0 Å². The topological polar surface area (TPSA) is 66.9 Å². The van der Waals surface area contributed by atoms with E-state index in [0.29, 0.717) is 6.54 Å². The van der Waals surface area contributed by atoms with Crippen LogP contribution in [0.15, 0.2) is 29.8 Å². The summed E-state index contributed by atoms with van der Waals surface area (Å²) in [6.45, 7) is 1.40. The fourth-order valence-corrected chi connectivity index (χ4v) is 3.15. The second-order valence-electron chi connectivity index (χ2n) is 5.08. The Balaban J connectivity index is 1.61. The van der Waals surface area contributed by atoms with Crippen LogP contribution in [0.1, 0.15) is 25.0 Å². The first-order valence-corrected chi connectivity index (χ1v) is 8.08. The van der Waals surface area contributed by atoms with Crippen molar-refractivity contribution in [2.24, 2.45) is 0 Å². The zero-order valence-corrected chi connectivity index (χ0v) is 12.5. The SMILES string of the molecule is O=C1NCCCCC1NCc1csc(-c2ccccn2)n1. The predicted molar refractivity (Wildman–Crippen MR) is 82.8 cm³/mol. The molecule has 0 saturated carbocycles. The lowest BCUT2D eigenvalue weighted by Crippen LogP contribution is -2.42. The molecule has 1 fully saturated rings. The number of nitrogens with zero attached hydrogens (tertiary/aromatic N) is 2. The molecule has 2 aromatic heterocycles. The first-order chi connectivity index (χ1) is 10.3. The molecule has 3 heterocycles. The average molecular weight is 302 g/mol. The highest BCUT2D eigenvalue weighted by molar-refractivity contribution is 7.13. The maximum Gasteiger partial charge on any atom is 0.237 e. The molecule has 1 atom stereocenters. The van der Waals surface area contributed by atoms with Gasteiger partial charge in [0, 0.05) is 24.7 Å². The fraction of sp³-hybridized carbons (Fsp3) is 0.400. The average Bonchev–Trinajstić information content (AvgIpc) is 2.90. The number of thiazole rings is 1. The molecule has 21 heavy (non-hydrogen) atoms. The van der Waals surface area contributed by atoms with Crippen LogP contribution in [0.25, 0.3) is 10.7 Å². The van der Waals surface area contributed by atoms with Gasteiger partial charge in [-0.15, -0.1) is 11.3 Å². The van der Waals surface area contributed by atoms with Crippen molar-refractivity contribution in [1.29, 1.82) is 0 Å². The number of aromatic nitrogens is 2. The van der Waals surface area contributed by atoms with Gasteiger partial charge in [0.05, 0.1) is 17.4 Å². The number of carbonyl (C=O) groups is 1. The number of pyridine rings is 1. The molecule has 1 amide bonds. The Bertz CT molecular complexity index is 599. The van der Waals surface area contributed by atoms with Crippen LogP contribution in [0, 0.1) is 0 Å². The van der Waals surface area contributed by atoms with Gasteiger partial charge >= 0.3 is 0 Å². The molecule has 1 saturated heterocycles. The van der Waals surface area contributed by atoms with Crippen LogP contribution in [-0.2, 0) is 11.3 Å². The Morgan fingerprint density at radius 1 is 1.38 bits per heavy atom. The van der Waals surface area contributed by atoms with Gasteiger partial charge in [0.1, 0.15) is 5.01 Å². The van der Waals surface area contributed by atoms with Crippen LogP contribution >= 0.6 is 11.3 Å². The largest absolute Gasteiger partial charge is 0.355 e. The van der Waals surface area contributed by atoms with E-state index in [9.17, 15) is 4.79 Å². The molecule has 110 valence electrons. The van der Waals surface area contributed by atoms with E-state index in [1.807, 2.05) is 23.6 Å². The highest BCUT2D eigenvalue weighted by Crippen LogP contribution is 2.21. The first-order valence-electron chi connectivity index (χ1n) is 7.20. The van der Waals surface area contributed by atoms with Crippen molar-refractivity contribution in [3.63, 3.8) is 0 Å². The summed E-state index contributed by atoms with van der Waals surface area (Å²) in [7, 11) is 0. The summed E-state index contributed by atoms with van der Waals surface area (Å²) in [6.07, 6.45) is 4.80. The van der Waals surface area contributed by atoms with Crippen molar-refractivity contribution in [3.05, 3.63) is 35.5 Å². The highest BCUT2D eigenvalue weighted by Gasteiger charge is 2.20. The molecular weight excluding hydrogens is 284 g/mol. The third-order valence-corrected chi connectivity index (χ3v) is 4.41. The Kier molecular flexibility index (Phi) is 4.57. The van der Waals surface area contributed by atoms with Crippen LogP contribution < -0.4 is 10.6 Å². The number of hydrogen-bond donors (Lipinski definition) is 2. The van der Waals surface area contributed by atoms with E-state index in [-0.39, 0.29) is 11.9 Å². The summed E-state index contributed by atoms with van der Waals surface area (Å²) in [5.74, 6) is 0.104. The normalized spacial score (nSPS) is 19.0. The quantitative estimate of drug-likeness (QED) is 0.906. The fourth-order valence-electron chi connectivity index (χ4n) is 2.36. The Morgan fingerprint density at radius 2 is 2.33 bits per heavy atom. The third kappa shape index (κ3) is 3.65. The Labute approximate surface area is 127 Å². The van der Waals surface area contributed by atoms with E-state index in [0.717, 1.165) is 42.2 Å². The maximum absolute atomic E-state index is 11.9. The molecule has 0 spiro atoms. The van der Waals surface area contributed by atoms with Gasteiger partial charge in [0.15, 0.2) is 0 Å². The highest BCUT2D eigenvalue weighted by atomic mass is 32.1. The molecule has 0 aromatic carbocycles. The second kappa shape index (κ2) is 6.78. The van der Waals surface area contributed by atoms with Crippen molar-refractivity contribution >= 4 is 17.2 Å². The molecule has 1 unspecified atom stereocenters. The summed E-state index contributed by atoms with van der Waals surface area (Å²) in [6, 6.07) is 5.70. The summed E-state index contributed by atoms with van der Waals surface area (Å²) in [4.78, 5) is 20.7. The van der Waals surface area contributed by atoms with Crippen molar-refractivity contribution < 1.29 is 4.79 Å². The zero-order valence-electron chi connectivity index (χ0n) is 11.7. The molecule has 2 aromatic rings. The first kappa shape index (κ1) is 14.2. The van der Waals surface area contributed by atoms with E-state index in [1.165, 1.54) is 0 Å². The summed E-state index contributed by atoms with van der Waals surface area (Å²) < 4.78 is 0. The molecule has 0 bridgehead atoms. The van der Waals surface area contributed by atoms with Gasteiger partial charge in [-0.1, -0.05) is 6.07 Å². The number of nitrogens with one attached hydrogen (secondary N) is 2. The molecule has 3 rings (SSSR count). The number of rotatable bonds is 4. The van der Waals surface area contributed by atoms with Gasteiger partial charge in [-0.05, 0) is 31.4 Å². The lowest BCUT2D eigenvalue weighted by atomic mass is 10.1. The van der Waals surface area contributed by atoms with Crippen LogP contribution in [0.5, 0.6) is 0 Å². The summed E-state index contributed by atoms with van der Waals surface area (Å²) in [5.41, 5.74) is 1.85. The van der Waals surface area contributed by atoms with Crippen LogP contribution in [-0.4, -0.2) is 28.5 Å². The standard InChI is InChI=1S/C15H18N4OS/c20-14-12(5-1-4-8-17-14)18-9-11-10-21-15(19-11)13-6-2-3-7-16-13/h2-3,6-7,10,12,18H,1,4-5,8-9H2,(H,17,20). The van der Waals surface area contributed by atoms with Gasteiger partial charge in [-0.25, -0.2) is 4.98 Å². The lowest BCUT2D eigenvalue weighted by Gasteiger charge is -2.13. The monoisotopic (exact) mass is 302 g/mol. The summed E-state index contributed by atoms with van der Waals surface area (Å²) in [5, 5.41) is 9.17. The van der Waals surface area contributed by atoms with Gasteiger partial charge in [-0.3, -0.25) is 9.78 Å². The van der Waals surface area contributed by atoms with Crippen molar-refractivity contribution in [2.45, 2.75) is 31.8 Å². The van der Waals surface area contributed by atoms with Crippen molar-refractivity contribution in [3.8, 4) is 10.7 Å². The molecular formula is C15H18N4OS. The molecule has 6 heteroatoms. The van der Waals surface area contributed by atoms with E-state index in [1.54, 1.807) is 17.5 Å². The van der Waals surface area contributed by atoms with Gasteiger partial charge < -0.3 is 10.6 Å². The van der Waals surface area contributed by atoms with E-state index in [2.05, 4.69) is 20.6 Å². The molecule has 0 radical (unpaired) electrons. The second-order valence-corrected chi connectivity index (χ2v) is 5.94. The minimum absolute atomic E-state index is 0.104. The summed E-state index contributed by atoms with van der Waals surface area (Å²) >= 11 is 1.58. The lowest BCUT2D eigenvalue weighted by molar-refractivity contribution is -0.122. The van der Waals surface area contributed by atoms with Gasteiger partial charge in [0.2, 0.25) is 5.91 Å².